The molecule has 0 spiro atoms. The van der Waals surface area contributed by atoms with Crippen LogP contribution in [0.3, 0.4) is 0 Å². The van der Waals surface area contributed by atoms with E-state index in [1.165, 1.54) is 11.9 Å². The molecule has 0 aromatic carbocycles. The van der Waals surface area contributed by atoms with E-state index >= 15 is 0 Å². The second-order valence-electron chi connectivity index (χ2n) is 6.23. The van der Waals surface area contributed by atoms with E-state index in [2.05, 4.69) is 10.6 Å². The van der Waals surface area contributed by atoms with Crippen molar-refractivity contribution >= 4 is 35.9 Å². The quantitative estimate of drug-likeness (QED) is 0.458. The lowest BCUT2D eigenvalue weighted by molar-refractivity contribution is -0.127. The van der Waals surface area contributed by atoms with Gasteiger partial charge >= 0.3 is 24.1 Å². The number of nitrogens with zero attached hydrogens (tertiary/aromatic N) is 2. The van der Waals surface area contributed by atoms with Crippen LogP contribution in [0.15, 0.2) is 0 Å². The molecule has 0 heterocycles. The first-order valence-electron chi connectivity index (χ1n) is 9.35. The van der Waals surface area contributed by atoms with Gasteiger partial charge in [0.1, 0.15) is 0 Å². The van der Waals surface area contributed by atoms with Gasteiger partial charge in [-0.2, -0.15) is 0 Å². The number of rotatable bonds is 8. The SMILES string of the molecule is CCCCN(C)C(=O)NC(=O)NCC(=O)N(CCCC)C(=O)NC(=O)NC(C)=O. The largest absolute Gasteiger partial charge is 0.332 e. The summed E-state index contributed by atoms with van der Waals surface area (Å²) in [5, 5.41) is 7.98. The number of unbranched alkanes of at least 4 members (excludes halogenated alkanes) is 2. The fourth-order valence-corrected chi connectivity index (χ4v) is 2.00. The summed E-state index contributed by atoms with van der Waals surface area (Å²) < 4.78 is 0. The van der Waals surface area contributed by atoms with Crippen molar-refractivity contribution in [3.05, 3.63) is 0 Å². The maximum absolute atomic E-state index is 12.3. The third kappa shape index (κ3) is 11.3. The van der Waals surface area contributed by atoms with E-state index in [9.17, 15) is 28.8 Å². The van der Waals surface area contributed by atoms with Crippen molar-refractivity contribution < 1.29 is 28.8 Å². The Kier molecular flexibility index (Phi) is 12.4. The standard InChI is InChI=1S/C17H30N6O6/c1-5-7-9-22(4)16(28)20-14(26)18-11-13(25)23(10-8-6-2)17(29)21-15(27)19-12(3)24/h5-11H2,1-4H3,(H2,18,20,26,28)(H2,19,21,24,27,29). The van der Waals surface area contributed by atoms with E-state index in [0.717, 1.165) is 24.7 Å². The lowest BCUT2D eigenvalue weighted by Gasteiger charge is -2.21. The normalized spacial score (nSPS) is 9.79. The average molecular weight is 414 g/mol. The van der Waals surface area contributed by atoms with Crippen molar-refractivity contribution in [3.63, 3.8) is 0 Å². The maximum atomic E-state index is 12.3. The average Bonchev–Trinajstić information content (AvgIpc) is 2.63. The van der Waals surface area contributed by atoms with Crippen molar-refractivity contribution in [2.45, 2.75) is 46.5 Å². The van der Waals surface area contributed by atoms with Crippen molar-refractivity contribution in [2.24, 2.45) is 0 Å². The van der Waals surface area contributed by atoms with E-state index in [1.807, 2.05) is 24.5 Å². The molecule has 0 rings (SSSR count). The zero-order valence-corrected chi connectivity index (χ0v) is 17.3. The first-order chi connectivity index (χ1) is 13.6. The zero-order valence-electron chi connectivity index (χ0n) is 17.3. The molecule has 29 heavy (non-hydrogen) atoms. The molecule has 0 saturated carbocycles. The fraction of sp³-hybridized carbons (Fsp3) is 0.647. The molecule has 12 heteroatoms. The van der Waals surface area contributed by atoms with Crippen LogP contribution in [0.1, 0.15) is 46.5 Å². The highest BCUT2D eigenvalue weighted by molar-refractivity contribution is 6.06. The second-order valence-corrected chi connectivity index (χ2v) is 6.23. The molecule has 0 aliphatic heterocycles. The molecule has 0 saturated heterocycles. The first kappa shape index (κ1) is 25.8. The molecule has 0 radical (unpaired) electrons. The molecule has 0 fully saturated rings. The molecular formula is C17H30N6O6. The molecule has 0 aromatic heterocycles. The molecule has 0 atom stereocenters. The minimum absolute atomic E-state index is 0.0104. The predicted octanol–water partition coefficient (Wildman–Crippen LogP) is 0.732. The summed E-state index contributed by atoms with van der Waals surface area (Å²) in [6, 6.07) is -3.61. The first-order valence-corrected chi connectivity index (χ1v) is 9.35. The van der Waals surface area contributed by atoms with Crippen LogP contribution in [-0.4, -0.2) is 72.4 Å². The highest BCUT2D eigenvalue weighted by Crippen LogP contribution is 1.97. The molecule has 0 aromatic rings. The minimum atomic E-state index is -1.07. The minimum Gasteiger partial charge on any atom is -0.329 e. The van der Waals surface area contributed by atoms with Gasteiger partial charge in [0.05, 0.1) is 6.54 Å². The van der Waals surface area contributed by atoms with Gasteiger partial charge in [0.2, 0.25) is 11.8 Å². The van der Waals surface area contributed by atoms with Crippen LogP contribution in [0.4, 0.5) is 19.2 Å². The Balaban J connectivity index is 4.71. The fourth-order valence-electron chi connectivity index (χ4n) is 2.00. The molecule has 164 valence electrons. The van der Waals surface area contributed by atoms with Crippen molar-refractivity contribution in [1.82, 2.24) is 31.1 Å². The number of carbonyl (C=O) groups excluding carboxylic acids is 6. The van der Waals surface area contributed by atoms with Gasteiger partial charge in [-0.1, -0.05) is 26.7 Å². The van der Waals surface area contributed by atoms with E-state index < -0.39 is 42.5 Å². The van der Waals surface area contributed by atoms with Crippen LogP contribution in [0.25, 0.3) is 0 Å². The predicted molar refractivity (Wildman–Crippen MR) is 104 cm³/mol. The third-order valence-electron chi connectivity index (χ3n) is 3.61. The Hall–Kier alpha value is -3.18. The Morgan fingerprint density at radius 3 is 1.86 bits per heavy atom. The molecule has 12 nitrogen and oxygen atoms in total. The van der Waals surface area contributed by atoms with Crippen molar-refractivity contribution in [3.8, 4) is 0 Å². The Morgan fingerprint density at radius 2 is 1.31 bits per heavy atom. The number of imide groups is 4. The molecule has 4 N–H and O–H groups in total. The topological polar surface area (TPSA) is 157 Å². The number of hydrogen-bond acceptors (Lipinski definition) is 6. The van der Waals surface area contributed by atoms with E-state index in [-0.39, 0.29) is 6.54 Å². The summed E-state index contributed by atoms with van der Waals surface area (Å²) >= 11 is 0. The number of amides is 10. The van der Waals surface area contributed by atoms with Crippen LogP contribution in [0, 0.1) is 0 Å². The Morgan fingerprint density at radius 1 is 0.759 bits per heavy atom. The maximum Gasteiger partial charge on any atom is 0.332 e. The molecule has 0 aliphatic rings. The van der Waals surface area contributed by atoms with Gasteiger partial charge in [-0.05, 0) is 12.8 Å². The van der Waals surface area contributed by atoms with E-state index in [4.69, 9.17) is 0 Å². The van der Waals surface area contributed by atoms with Gasteiger partial charge in [-0.3, -0.25) is 30.4 Å². The van der Waals surface area contributed by atoms with Crippen LogP contribution >= 0.6 is 0 Å². The van der Waals surface area contributed by atoms with Gasteiger partial charge in [0, 0.05) is 27.1 Å². The van der Waals surface area contributed by atoms with Crippen LogP contribution in [0.2, 0.25) is 0 Å². The lowest BCUT2D eigenvalue weighted by atomic mass is 10.3. The number of nitrogens with one attached hydrogen (secondary N) is 4. The molecule has 0 aliphatic carbocycles. The monoisotopic (exact) mass is 414 g/mol. The summed E-state index contributed by atoms with van der Waals surface area (Å²) in [4.78, 5) is 72.4. The highest BCUT2D eigenvalue weighted by Gasteiger charge is 2.23. The molecular weight excluding hydrogens is 384 g/mol. The van der Waals surface area contributed by atoms with Gasteiger partial charge < -0.3 is 10.2 Å². The summed E-state index contributed by atoms with van der Waals surface area (Å²) in [7, 11) is 1.53. The number of hydrogen-bond donors (Lipinski definition) is 4. The van der Waals surface area contributed by atoms with Crippen LogP contribution < -0.4 is 21.3 Å². The van der Waals surface area contributed by atoms with Gasteiger partial charge in [0.25, 0.3) is 0 Å². The zero-order chi connectivity index (χ0) is 22.4. The van der Waals surface area contributed by atoms with Crippen molar-refractivity contribution in [2.75, 3.05) is 26.7 Å². The van der Waals surface area contributed by atoms with E-state index in [0.29, 0.717) is 19.4 Å². The summed E-state index contributed by atoms with van der Waals surface area (Å²) in [6.45, 7) is 4.82. The summed E-state index contributed by atoms with van der Waals surface area (Å²) in [6.07, 6.45) is 2.81. The lowest BCUT2D eigenvalue weighted by Crippen LogP contribution is -2.53. The second kappa shape index (κ2) is 13.9. The Bertz CT molecular complexity index is 624. The molecule has 0 unspecified atom stereocenters. The van der Waals surface area contributed by atoms with Crippen molar-refractivity contribution in [1.29, 1.82) is 0 Å². The van der Waals surface area contributed by atoms with Gasteiger partial charge in [0.15, 0.2) is 0 Å². The van der Waals surface area contributed by atoms with Gasteiger partial charge in [-0.15, -0.1) is 0 Å². The summed E-state index contributed by atoms with van der Waals surface area (Å²) in [5.41, 5.74) is 0. The number of carbonyl (C=O) groups is 6. The Labute approximate surface area is 169 Å². The smallest absolute Gasteiger partial charge is 0.329 e. The number of urea groups is 4. The summed E-state index contributed by atoms with van der Waals surface area (Å²) in [5.74, 6) is -1.46. The highest BCUT2D eigenvalue weighted by atomic mass is 16.2. The van der Waals surface area contributed by atoms with E-state index in [1.54, 1.807) is 0 Å². The van der Waals surface area contributed by atoms with Crippen LogP contribution in [0.5, 0.6) is 0 Å². The molecule has 0 bridgehead atoms. The van der Waals surface area contributed by atoms with Crippen LogP contribution in [-0.2, 0) is 9.59 Å². The third-order valence-corrected chi connectivity index (χ3v) is 3.61. The molecule has 10 amide bonds. The van der Waals surface area contributed by atoms with Gasteiger partial charge in [-0.25, -0.2) is 19.2 Å².